The fourth-order valence-electron chi connectivity index (χ4n) is 3.06. The van der Waals surface area contributed by atoms with E-state index < -0.39 is 0 Å². The number of guanidine groups is 1. The molecule has 1 aliphatic rings. The molecule has 1 fully saturated rings. The molecule has 1 aliphatic heterocycles. The summed E-state index contributed by atoms with van der Waals surface area (Å²) in [7, 11) is 0. The predicted molar refractivity (Wildman–Crippen MR) is 117 cm³/mol. The first-order valence-electron chi connectivity index (χ1n) is 8.84. The smallest absolute Gasteiger partial charge is 0.191 e. The highest BCUT2D eigenvalue weighted by molar-refractivity contribution is 14.0. The third kappa shape index (κ3) is 5.59. The van der Waals surface area contributed by atoms with Crippen LogP contribution in [0.5, 0.6) is 0 Å². The van der Waals surface area contributed by atoms with E-state index in [1.54, 1.807) is 12.1 Å². The van der Waals surface area contributed by atoms with Crippen LogP contribution in [0.15, 0.2) is 59.6 Å². The third-order valence-corrected chi connectivity index (χ3v) is 4.36. The van der Waals surface area contributed by atoms with Crippen molar-refractivity contribution in [3.05, 3.63) is 66.0 Å². The van der Waals surface area contributed by atoms with E-state index in [0.717, 1.165) is 32.0 Å². The van der Waals surface area contributed by atoms with Gasteiger partial charge in [-0.2, -0.15) is 0 Å². The molecule has 1 heterocycles. The Labute approximate surface area is 171 Å². The van der Waals surface area contributed by atoms with Gasteiger partial charge in [-0.3, -0.25) is 0 Å². The quantitative estimate of drug-likeness (QED) is 0.399. The second-order valence-electron chi connectivity index (χ2n) is 6.20. The fraction of sp³-hybridized carbons (Fsp3) is 0.350. The monoisotopic (exact) mass is 468 g/mol. The van der Waals surface area contributed by atoms with E-state index in [1.807, 2.05) is 19.1 Å². The van der Waals surface area contributed by atoms with Gasteiger partial charge in [-0.1, -0.05) is 36.4 Å². The van der Waals surface area contributed by atoms with Crippen molar-refractivity contribution < 1.29 is 4.39 Å². The molecule has 1 saturated heterocycles. The van der Waals surface area contributed by atoms with Crippen molar-refractivity contribution in [1.29, 1.82) is 0 Å². The lowest BCUT2D eigenvalue weighted by Crippen LogP contribution is -2.44. The van der Waals surface area contributed by atoms with E-state index in [4.69, 9.17) is 0 Å². The summed E-state index contributed by atoms with van der Waals surface area (Å²) in [5.41, 5.74) is 1.86. The Kier molecular flexibility index (Phi) is 8.15. The maximum atomic E-state index is 13.8. The maximum absolute atomic E-state index is 13.8. The van der Waals surface area contributed by atoms with Crippen molar-refractivity contribution >= 4 is 35.6 Å². The molecular weight excluding hydrogens is 442 g/mol. The first-order valence-corrected chi connectivity index (χ1v) is 8.84. The van der Waals surface area contributed by atoms with E-state index in [2.05, 4.69) is 44.8 Å². The number of hydrogen-bond donors (Lipinski definition) is 2. The molecule has 2 N–H and O–H groups in total. The van der Waals surface area contributed by atoms with Crippen molar-refractivity contribution in [2.45, 2.75) is 25.9 Å². The summed E-state index contributed by atoms with van der Waals surface area (Å²) in [6.07, 6.45) is 1.05. The zero-order chi connectivity index (χ0) is 17.5. The molecule has 0 spiro atoms. The summed E-state index contributed by atoms with van der Waals surface area (Å²) < 4.78 is 13.8. The van der Waals surface area contributed by atoms with Crippen LogP contribution in [0.25, 0.3) is 0 Å². The largest absolute Gasteiger partial charge is 0.369 e. The number of rotatable bonds is 5. The molecule has 0 amide bonds. The Balaban J connectivity index is 0.00000243. The molecule has 1 unspecified atom stereocenters. The molecule has 26 heavy (non-hydrogen) atoms. The van der Waals surface area contributed by atoms with E-state index in [-0.39, 0.29) is 29.8 Å². The number of nitrogens with one attached hydrogen (secondary N) is 2. The highest BCUT2D eigenvalue weighted by atomic mass is 127. The number of nitrogens with zero attached hydrogens (tertiary/aromatic N) is 2. The van der Waals surface area contributed by atoms with Crippen molar-refractivity contribution in [1.82, 2.24) is 10.6 Å². The molecule has 1 atom stereocenters. The summed E-state index contributed by atoms with van der Waals surface area (Å²) in [5.74, 6) is 0.531. The molecule has 2 aromatic rings. The number of hydrogen-bond acceptors (Lipinski definition) is 2. The minimum atomic E-state index is -0.210. The maximum Gasteiger partial charge on any atom is 0.191 e. The molecule has 140 valence electrons. The Bertz CT molecular complexity index is 708. The standard InChI is InChI=1S/C20H25FN4.HI/c1-2-22-20(23-14-16-8-6-7-11-19(16)21)24-17-12-13-25(15-17)18-9-4-3-5-10-18;/h3-11,17H,2,12-15H2,1H3,(H2,22,23,24);1H. The summed E-state index contributed by atoms with van der Waals surface area (Å²) in [6, 6.07) is 17.6. The first kappa shape index (κ1) is 20.5. The van der Waals surface area contributed by atoms with Crippen molar-refractivity contribution in [2.24, 2.45) is 4.99 Å². The van der Waals surface area contributed by atoms with Gasteiger partial charge in [0.2, 0.25) is 0 Å². The minimum absolute atomic E-state index is 0. The van der Waals surface area contributed by atoms with Gasteiger partial charge in [0.05, 0.1) is 6.54 Å². The summed E-state index contributed by atoms with van der Waals surface area (Å²) in [5, 5.41) is 6.73. The summed E-state index contributed by atoms with van der Waals surface area (Å²) >= 11 is 0. The normalized spacial score (nSPS) is 16.9. The van der Waals surface area contributed by atoms with Crippen LogP contribution in [0.3, 0.4) is 0 Å². The number of benzene rings is 2. The van der Waals surface area contributed by atoms with Gasteiger partial charge in [-0.15, -0.1) is 24.0 Å². The number of halogens is 2. The molecular formula is C20H26FIN4. The predicted octanol–water partition coefficient (Wildman–Crippen LogP) is 3.78. The molecule has 3 rings (SSSR count). The molecule has 0 aliphatic carbocycles. The average molecular weight is 468 g/mol. The topological polar surface area (TPSA) is 39.7 Å². The number of aliphatic imine (C=N–C) groups is 1. The highest BCUT2D eigenvalue weighted by Gasteiger charge is 2.23. The Hall–Kier alpha value is -1.83. The van der Waals surface area contributed by atoms with E-state index >= 15 is 0 Å². The lowest BCUT2D eigenvalue weighted by Gasteiger charge is -2.20. The van der Waals surface area contributed by atoms with E-state index in [0.29, 0.717) is 18.2 Å². The molecule has 0 aromatic heterocycles. The molecule has 0 bridgehead atoms. The molecule has 4 nitrogen and oxygen atoms in total. The van der Waals surface area contributed by atoms with E-state index in [1.165, 1.54) is 11.8 Å². The Morgan fingerprint density at radius 1 is 1.15 bits per heavy atom. The highest BCUT2D eigenvalue weighted by Crippen LogP contribution is 2.19. The first-order chi connectivity index (χ1) is 12.3. The van der Waals surface area contributed by atoms with E-state index in [9.17, 15) is 4.39 Å². The number of para-hydroxylation sites is 1. The molecule has 0 saturated carbocycles. The van der Waals surface area contributed by atoms with Gasteiger partial charge >= 0.3 is 0 Å². The average Bonchev–Trinajstić information content (AvgIpc) is 3.10. The molecule has 2 aromatic carbocycles. The van der Waals surface area contributed by atoms with Crippen LogP contribution in [0.1, 0.15) is 18.9 Å². The Morgan fingerprint density at radius 2 is 1.88 bits per heavy atom. The van der Waals surface area contributed by atoms with Crippen LogP contribution in [-0.2, 0) is 6.54 Å². The van der Waals surface area contributed by atoms with Crippen molar-refractivity contribution in [3.8, 4) is 0 Å². The van der Waals surface area contributed by atoms with Gasteiger partial charge in [0.25, 0.3) is 0 Å². The second kappa shape index (κ2) is 10.4. The van der Waals surface area contributed by atoms with Gasteiger partial charge in [-0.25, -0.2) is 9.38 Å². The van der Waals surface area contributed by atoms with Crippen LogP contribution in [0.4, 0.5) is 10.1 Å². The second-order valence-corrected chi connectivity index (χ2v) is 6.20. The lowest BCUT2D eigenvalue weighted by molar-refractivity contribution is 0.608. The van der Waals surface area contributed by atoms with Crippen LogP contribution in [0, 0.1) is 5.82 Å². The SMILES string of the molecule is CCNC(=NCc1ccccc1F)NC1CCN(c2ccccc2)C1.I. The fourth-order valence-corrected chi connectivity index (χ4v) is 3.06. The van der Waals surface area contributed by atoms with Gasteiger partial charge < -0.3 is 15.5 Å². The summed E-state index contributed by atoms with van der Waals surface area (Å²) in [4.78, 5) is 6.91. The lowest BCUT2D eigenvalue weighted by atomic mass is 10.2. The van der Waals surface area contributed by atoms with Crippen LogP contribution in [-0.4, -0.2) is 31.6 Å². The van der Waals surface area contributed by atoms with Gasteiger partial charge in [0, 0.05) is 36.9 Å². The molecule has 0 radical (unpaired) electrons. The molecule has 6 heteroatoms. The van der Waals surface area contributed by atoms with Crippen LogP contribution in [0.2, 0.25) is 0 Å². The third-order valence-electron chi connectivity index (χ3n) is 4.36. The van der Waals surface area contributed by atoms with Gasteiger partial charge in [0.1, 0.15) is 5.82 Å². The zero-order valence-electron chi connectivity index (χ0n) is 15.0. The number of anilines is 1. The van der Waals surface area contributed by atoms with Crippen molar-refractivity contribution in [2.75, 3.05) is 24.5 Å². The van der Waals surface area contributed by atoms with Gasteiger partial charge in [-0.05, 0) is 31.5 Å². The minimum Gasteiger partial charge on any atom is -0.369 e. The Morgan fingerprint density at radius 3 is 2.62 bits per heavy atom. The van der Waals surface area contributed by atoms with Crippen molar-refractivity contribution in [3.63, 3.8) is 0 Å². The zero-order valence-corrected chi connectivity index (χ0v) is 17.3. The van der Waals surface area contributed by atoms with Gasteiger partial charge in [0.15, 0.2) is 5.96 Å². The van der Waals surface area contributed by atoms with Crippen LogP contribution >= 0.6 is 24.0 Å². The summed E-state index contributed by atoms with van der Waals surface area (Å²) in [6.45, 7) is 5.10. The van der Waals surface area contributed by atoms with Crippen LogP contribution < -0.4 is 15.5 Å².